The maximum Gasteiger partial charge on any atom is 0.312 e. The van der Waals surface area contributed by atoms with Crippen molar-refractivity contribution in [3.63, 3.8) is 0 Å². The lowest BCUT2D eigenvalue weighted by atomic mass is 9.77. The zero-order valence-electron chi connectivity index (χ0n) is 36.5. The zero-order chi connectivity index (χ0) is 44.4. The van der Waals surface area contributed by atoms with Crippen LogP contribution >= 0.6 is 67.5 Å². The van der Waals surface area contributed by atoms with Crippen LogP contribution in [-0.2, 0) is 23.8 Å². The van der Waals surface area contributed by atoms with Gasteiger partial charge in [0.15, 0.2) is 5.78 Å². The molecule has 9 atom stereocenters. The monoisotopic (exact) mass is 1130 g/mol. The number of esters is 1. The van der Waals surface area contributed by atoms with Crippen molar-refractivity contribution in [3.05, 3.63) is 89.9 Å². The smallest absolute Gasteiger partial charge is 0.312 e. The molecule has 1 amide bonds. The molecule has 1 aromatic rings. The molecule has 5 bridgehead atoms. The summed E-state index contributed by atoms with van der Waals surface area (Å²) >= 11 is 0. The molecule has 3 aliphatic heterocycles. The SMILES string of the molecule is C.C.C.C.C.C.C.C.CO[C@H]1/C=C/O[C@@]2(C)Oc3c(C)c(O)c4c(c3C2=O)C(=O)C(C(C[N+](=O)[O-])C[N+](=O)[O-])=C(NC(=O)/C(C)=C\C=C\[C@H](C)[C@H](O)[C@@H](C)[C@@H](O)[C@@H](C)[C@H](OC(C)=O)[C@@H]1C)C4=O.S.S.S.S.S. The number of rotatable bonds is 7. The summed E-state index contributed by atoms with van der Waals surface area (Å²) < 4.78 is 23.1. The number of benzene rings is 1. The van der Waals surface area contributed by atoms with Crippen LogP contribution in [0, 0.1) is 56.7 Å². The third-order valence-corrected chi connectivity index (χ3v) is 11.1. The molecule has 4 aliphatic rings. The second-order valence-electron chi connectivity index (χ2n) is 15.3. The number of Topliss-reactive ketones (excluding diaryl/α,β-unsaturated/α-hetero) is 3. The molecule has 0 radical (unpaired) electrons. The zero-order valence-corrected chi connectivity index (χ0v) is 41.5. The topological polar surface area (TPSA) is 281 Å². The van der Waals surface area contributed by atoms with E-state index in [4.69, 9.17) is 18.9 Å². The minimum absolute atomic E-state index is 0. The highest BCUT2D eigenvalue weighted by molar-refractivity contribution is 7.60. The number of nitrogens with one attached hydrogen (secondary N) is 1. The predicted molar refractivity (Wildman–Crippen MR) is 311 cm³/mol. The summed E-state index contributed by atoms with van der Waals surface area (Å²) in [4.78, 5) is 90.8. The van der Waals surface area contributed by atoms with Crippen LogP contribution < -0.4 is 10.1 Å². The van der Waals surface area contributed by atoms with Gasteiger partial charge in [0, 0.05) is 71.2 Å². The van der Waals surface area contributed by atoms with E-state index >= 15 is 0 Å². The molecule has 24 heteroatoms. The number of fused-ring (bicyclic) bond motifs is 14. The summed E-state index contributed by atoms with van der Waals surface area (Å²) in [6, 6.07) is 0. The van der Waals surface area contributed by atoms with Gasteiger partial charge in [-0.25, -0.2) is 0 Å². The Kier molecular flexibility index (Phi) is 46.4. The number of ketones is 3. The first-order chi connectivity index (χ1) is 27.5. The highest BCUT2D eigenvalue weighted by Crippen LogP contribution is 2.49. The Morgan fingerprint density at radius 1 is 0.792 bits per heavy atom. The van der Waals surface area contributed by atoms with Crippen molar-refractivity contribution in [3.8, 4) is 11.5 Å². The van der Waals surface area contributed by atoms with E-state index in [0.717, 1.165) is 6.26 Å². The number of aliphatic hydroxyl groups is 2. The molecular formula is C48H91N3O16S5. The summed E-state index contributed by atoms with van der Waals surface area (Å²) in [6.45, 7) is 9.07. The molecule has 4 N–H and O–H groups in total. The van der Waals surface area contributed by atoms with Gasteiger partial charge in [-0.05, 0) is 19.9 Å². The van der Waals surface area contributed by atoms with Gasteiger partial charge in [0.25, 0.3) is 11.7 Å². The quantitative estimate of drug-likeness (QED) is 0.113. The van der Waals surface area contributed by atoms with Crippen LogP contribution in [0.3, 0.4) is 0 Å². The number of ether oxygens (including phenoxy) is 4. The Labute approximate surface area is 463 Å². The van der Waals surface area contributed by atoms with Gasteiger partial charge in [0.05, 0.1) is 47.0 Å². The first kappa shape index (κ1) is 90.7. The van der Waals surface area contributed by atoms with Crippen LogP contribution in [0.5, 0.6) is 11.5 Å². The average molecular weight is 1130 g/mol. The molecule has 3 heterocycles. The summed E-state index contributed by atoms with van der Waals surface area (Å²) in [5.41, 5.74) is -4.06. The lowest BCUT2D eigenvalue weighted by Crippen LogP contribution is -2.46. The molecule has 0 aromatic heterocycles. The number of amides is 1. The van der Waals surface area contributed by atoms with Crippen LogP contribution in [0.1, 0.15) is 145 Å². The average Bonchev–Trinajstić information content (AvgIpc) is 3.42. The number of phenolic OH excluding ortho intramolecular Hbond substituents is 1. The fraction of sp³-hybridized carbons (Fsp3) is 0.604. The number of aliphatic hydroxyl groups excluding tert-OH is 2. The first-order valence-electron chi connectivity index (χ1n) is 18.8. The van der Waals surface area contributed by atoms with Crippen LogP contribution in [0.25, 0.3) is 0 Å². The number of nitro groups is 2. The summed E-state index contributed by atoms with van der Waals surface area (Å²) in [6.07, 6.45) is 2.37. The maximum atomic E-state index is 14.6. The van der Waals surface area contributed by atoms with Gasteiger partial charge in [0.1, 0.15) is 23.5 Å². The van der Waals surface area contributed by atoms with Crippen molar-refractivity contribution >= 4 is 96.7 Å². The molecule has 5 rings (SSSR count). The Hall–Kier alpha value is -4.04. The van der Waals surface area contributed by atoms with Crippen LogP contribution in [0.2, 0.25) is 0 Å². The number of aromatic hydroxyl groups is 1. The Bertz CT molecular complexity index is 2080. The van der Waals surface area contributed by atoms with Crippen LogP contribution in [0.15, 0.2) is 47.4 Å². The lowest BCUT2D eigenvalue weighted by Gasteiger charge is -2.38. The van der Waals surface area contributed by atoms with Crippen molar-refractivity contribution in [2.45, 2.75) is 145 Å². The van der Waals surface area contributed by atoms with Crippen molar-refractivity contribution in [2.75, 3.05) is 20.2 Å². The van der Waals surface area contributed by atoms with Crippen LogP contribution in [0.4, 0.5) is 0 Å². The van der Waals surface area contributed by atoms with E-state index in [0.29, 0.717) is 0 Å². The number of hydrogen-bond acceptors (Lipinski definition) is 16. The van der Waals surface area contributed by atoms with Gasteiger partial charge >= 0.3 is 11.8 Å². The van der Waals surface area contributed by atoms with Crippen molar-refractivity contribution in [1.82, 2.24) is 5.32 Å². The Balaban J connectivity index is -0.000000370. The molecule has 1 aromatic carbocycles. The highest BCUT2D eigenvalue weighted by Gasteiger charge is 2.54. The third-order valence-electron chi connectivity index (χ3n) is 11.1. The largest absolute Gasteiger partial charge is 0.507 e. The van der Waals surface area contributed by atoms with E-state index in [1.54, 1.807) is 27.7 Å². The molecule has 1 aliphatic carbocycles. The van der Waals surface area contributed by atoms with E-state index in [2.05, 4.69) is 5.32 Å². The molecular weight excluding hydrogens is 1030 g/mol. The molecule has 0 saturated carbocycles. The van der Waals surface area contributed by atoms with E-state index in [1.165, 1.54) is 59.1 Å². The molecule has 0 unspecified atom stereocenters. The number of phenols is 1. The van der Waals surface area contributed by atoms with Gasteiger partial charge in [-0.15, -0.1) is 0 Å². The molecule has 0 saturated heterocycles. The fourth-order valence-corrected chi connectivity index (χ4v) is 7.70. The minimum Gasteiger partial charge on any atom is -0.507 e. The summed E-state index contributed by atoms with van der Waals surface area (Å²) in [5, 5.41) is 60.0. The normalized spacial score (nSPS) is 25.5. The first-order valence-corrected chi connectivity index (χ1v) is 18.8. The Morgan fingerprint density at radius 2 is 1.29 bits per heavy atom. The number of nitrogens with zero attached hydrogens (tertiary/aromatic N) is 2. The standard InChI is InChI=1S/C40H49N3O16.8CH4.5H2S/c1-17-11-10-12-18(2)39(51)41-30-26(24(15-42(52)53)16-43(54)55)34(48)27-28(35(30)49)33(47)22(6)37-29(27)38(50)40(8,59-37)57-14-13-25(56-9)19(3)36(58-23(7)44)21(5)32(46)20(4)31(17)45;;;;;;;;;;;;;/h10-14,17,19-21,24-25,31-32,36,45-47H,15-16H2,1-9H3,(H,41,51);8*1H4;5*1H2/b11-10+,14-13+,18-12-;;;;;;;;;;;;;/t17-,19+,20+,21+,25-,31-,32+,36+,40-;;;;;;;;;;;;;/m0............./s1. The molecule has 0 fully saturated rings. The van der Waals surface area contributed by atoms with Crippen molar-refractivity contribution in [2.24, 2.45) is 29.6 Å². The minimum atomic E-state index is -2.28. The fourth-order valence-electron chi connectivity index (χ4n) is 7.70. The van der Waals surface area contributed by atoms with E-state index in [1.807, 2.05) is 0 Å². The number of carbonyl (C=O) groups excluding carboxylic acids is 5. The van der Waals surface area contributed by atoms with Gasteiger partial charge < -0.3 is 39.6 Å². The van der Waals surface area contributed by atoms with Gasteiger partial charge in [-0.2, -0.15) is 67.5 Å². The second-order valence-corrected chi connectivity index (χ2v) is 15.3. The maximum absolute atomic E-state index is 14.6. The van der Waals surface area contributed by atoms with Gasteiger partial charge in [-0.1, -0.05) is 105 Å². The second kappa shape index (κ2) is 36.8. The summed E-state index contributed by atoms with van der Waals surface area (Å²) in [5.74, 6) is -13.5. The summed E-state index contributed by atoms with van der Waals surface area (Å²) in [7, 11) is 1.35. The molecule has 19 nitrogen and oxygen atoms in total. The lowest BCUT2D eigenvalue weighted by molar-refractivity contribution is -0.520. The molecule has 72 heavy (non-hydrogen) atoms. The predicted octanol–water partition coefficient (Wildman–Crippen LogP) is 8.82. The number of allylic oxidation sites excluding steroid dienone is 3. The van der Waals surface area contributed by atoms with Crippen LogP contribution in [-0.4, -0.2) is 105 Å². The van der Waals surface area contributed by atoms with E-state index < -0.39 is 146 Å². The van der Waals surface area contributed by atoms with Gasteiger partial charge in [-0.3, -0.25) is 44.2 Å². The van der Waals surface area contributed by atoms with Crippen molar-refractivity contribution < 1.29 is 68.1 Å². The molecule has 424 valence electrons. The number of methoxy groups -OCH3 is 1. The Morgan fingerprint density at radius 3 is 1.75 bits per heavy atom. The number of carbonyl (C=O) groups is 5. The number of hydrogen-bond donors (Lipinski definition) is 4. The van der Waals surface area contributed by atoms with E-state index in [-0.39, 0.29) is 144 Å². The molecule has 0 spiro atoms. The van der Waals surface area contributed by atoms with E-state index in [9.17, 15) is 59.5 Å². The highest BCUT2D eigenvalue weighted by atomic mass is 32.1. The third kappa shape index (κ3) is 18.7. The van der Waals surface area contributed by atoms with Gasteiger partial charge in [0.2, 0.25) is 18.9 Å². The van der Waals surface area contributed by atoms with Crippen molar-refractivity contribution in [1.29, 1.82) is 0 Å².